The molecule has 6 heterocycles. The first kappa shape index (κ1) is 29.7. The highest BCUT2D eigenvalue weighted by Crippen LogP contribution is 2.48. The maximum Gasteiger partial charge on any atom is 0.573 e. The van der Waals surface area contributed by atoms with Crippen LogP contribution in [0.5, 0.6) is 11.6 Å². The van der Waals surface area contributed by atoms with Crippen LogP contribution in [0, 0.1) is 25.5 Å². The van der Waals surface area contributed by atoms with E-state index in [4.69, 9.17) is 20.2 Å². The highest BCUT2D eigenvalue weighted by Gasteiger charge is 2.57. The van der Waals surface area contributed by atoms with E-state index in [1.807, 2.05) is 4.90 Å². The normalized spacial score (nSPS) is 27.2. The molecule has 3 fully saturated rings. The van der Waals surface area contributed by atoms with Gasteiger partial charge in [-0.15, -0.1) is 13.2 Å². The Morgan fingerprint density at radius 2 is 1.98 bits per heavy atom. The first-order valence-electron chi connectivity index (χ1n) is 14.7. The highest BCUT2D eigenvalue weighted by molar-refractivity contribution is 6.02. The number of nitrogens with one attached hydrogen (secondary N) is 2. The number of piperazine rings is 1. The molecule has 0 saturated carbocycles. The number of pyridine rings is 2. The van der Waals surface area contributed by atoms with Crippen molar-refractivity contribution in [1.82, 2.24) is 20.6 Å². The maximum absolute atomic E-state index is 16.7. The van der Waals surface area contributed by atoms with Crippen LogP contribution < -0.4 is 30.7 Å². The summed E-state index contributed by atoms with van der Waals surface area (Å²) in [5.74, 6) is -3.62. The second-order valence-corrected chi connectivity index (χ2v) is 12.2. The molecular weight excluding hydrogens is 603 g/mol. The lowest BCUT2D eigenvalue weighted by atomic mass is 9.92. The summed E-state index contributed by atoms with van der Waals surface area (Å²) >= 11 is 0. The number of nitrogen functional groups attached to an aromatic ring is 1. The minimum absolute atomic E-state index is 0.00127. The predicted octanol–water partition coefficient (Wildman–Crippen LogP) is 4.04. The molecule has 0 aliphatic carbocycles. The molecule has 5 unspecified atom stereocenters. The molecular formula is C30H31F5N6O4. The molecule has 4 aliphatic rings. The smallest absolute Gasteiger partial charge is 0.472 e. The lowest BCUT2D eigenvalue weighted by Gasteiger charge is -2.47. The Bertz CT molecular complexity index is 1730. The molecule has 45 heavy (non-hydrogen) atoms. The van der Waals surface area contributed by atoms with Crippen molar-refractivity contribution in [2.45, 2.75) is 76.2 Å². The van der Waals surface area contributed by atoms with Crippen molar-refractivity contribution in [2.24, 2.45) is 0 Å². The summed E-state index contributed by atoms with van der Waals surface area (Å²) in [4.78, 5) is 24.9. The first-order chi connectivity index (χ1) is 21.3. The largest absolute Gasteiger partial charge is 0.573 e. The van der Waals surface area contributed by atoms with Crippen molar-refractivity contribution >= 4 is 28.2 Å². The molecule has 7 rings (SSSR count). The van der Waals surface area contributed by atoms with E-state index in [9.17, 15) is 22.4 Å². The van der Waals surface area contributed by atoms with Crippen molar-refractivity contribution in [1.29, 1.82) is 0 Å². The topological polar surface area (TPSA) is 124 Å². The van der Waals surface area contributed by atoms with Crippen LogP contribution in [0.4, 0.5) is 33.5 Å². The number of nitrogens with zero attached hydrogens (tertiary/aromatic N) is 3. The Morgan fingerprint density at radius 1 is 1.20 bits per heavy atom. The zero-order valence-electron chi connectivity index (χ0n) is 24.6. The molecule has 2 aromatic heterocycles. The second kappa shape index (κ2) is 10.3. The third-order valence-electron chi connectivity index (χ3n) is 9.36. The van der Waals surface area contributed by atoms with Crippen molar-refractivity contribution in [3.05, 3.63) is 35.0 Å². The maximum atomic E-state index is 16.7. The van der Waals surface area contributed by atoms with Crippen LogP contribution in [0.1, 0.15) is 37.4 Å². The number of hydrogen-bond donors (Lipinski definition) is 3. The van der Waals surface area contributed by atoms with Crippen LogP contribution in [-0.4, -0.2) is 71.8 Å². The number of ether oxygens (including phenoxy) is 3. The minimum Gasteiger partial charge on any atom is -0.472 e. The highest BCUT2D eigenvalue weighted by atomic mass is 19.4. The van der Waals surface area contributed by atoms with Gasteiger partial charge in [-0.25, -0.2) is 18.7 Å². The number of amides is 1. The van der Waals surface area contributed by atoms with E-state index in [1.54, 1.807) is 20.8 Å². The fourth-order valence-corrected chi connectivity index (χ4v) is 7.22. The summed E-state index contributed by atoms with van der Waals surface area (Å²) in [6.45, 7) is 6.34. The number of fused-ring (bicyclic) bond motifs is 5. The Kier molecular flexibility index (Phi) is 6.78. The van der Waals surface area contributed by atoms with Crippen LogP contribution in [0.3, 0.4) is 0 Å². The van der Waals surface area contributed by atoms with Gasteiger partial charge in [0.1, 0.15) is 23.2 Å². The summed E-state index contributed by atoms with van der Waals surface area (Å²) in [5.41, 5.74) is 4.17. The minimum atomic E-state index is -5.28. The quantitative estimate of drug-likeness (QED) is 0.288. The van der Waals surface area contributed by atoms with E-state index >= 15 is 4.39 Å². The monoisotopic (exact) mass is 634 g/mol. The van der Waals surface area contributed by atoms with Gasteiger partial charge >= 0.3 is 6.36 Å². The summed E-state index contributed by atoms with van der Waals surface area (Å²) in [6.07, 6.45) is -3.93. The Morgan fingerprint density at radius 3 is 2.69 bits per heavy atom. The molecule has 2 bridgehead atoms. The van der Waals surface area contributed by atoms with Crippen LogP contribution in [0.2, 0.25) is 0 Å². The van der Waals surface area contributed by atoms with Crippen molar-refractivity contribution in [3.63, 3.8) is 0 Å². The van der Waals surface area contributed by atoms with Gasteiger partial charge in [0, 0.05) is 42.0 Å². The van der Waals surface area contributed by atoms with Gasteiger partial charge < -0.3 is 30.2 Å². The number of rotatable bonds is 4. The number of nitrogens with two attached hydrogens (primary N) is 1. The first-order valence-corrected chi connectivity index (χ1v) is 14.7. The van der Waals surface area contributed by atoms with Gasteiger partial charge in [-0.05, 0) is 51.7 Å². The molecule has 4 N–H and O–H groups in total. The molecule has 4 aliphatic heterocycles. The molecule has 1 amide bonds. The van der Waals surface area contributed by atoms with Gasteiger partial charge in [-0.3, -0.25) is 10.1 Å². The van der Waals surface area contributed by atoms with Crippen LogP contribution in [-0.2, 0) is 9.53 Å². The number of carbonyl (C=O) groups is 1. The predicted molar refractivity (Wildman–Crippen MR) is 153 cm³/mol. The Balaban J connectivity index is 1.41. The number of hydrogen-bond acceptors (Lipinski definition) is 9. The summed E-state index contributed by atoms with van der Waals surface area (Å²) in [7, 11) is 0. The van der Waals surface area contributed by atoms with Gasteiger partial charge in [-0.1, -0.05) is 0 Å². The zero-order chi connectivity index (χ0) is 32.0. The fraction of sp³-hybridized carbons (Fsp3) is 0.500. The molecule has 1 aromatic carbocycles. The van der Waals surface area contributed by atoms with Crippen molar-refractivity contribution < 1.29 is 41.0 Å². The van der Waals surface area contributed by atoms with Gasteiger partial charge in [-0.2, -0.15) is 0 Å². The van der Waals surface area contributed by atoms with E-state index in [0.717, 1.165) is 12.5 Å². The number of aromatic nitrogens is 2. The summed E-state index contributed by atoms with van der Waals surface area (Å²) in [6, 6.07) is 0.980. The molecule has 10 nitrogen and oxygen atoms in total. The summed E-state index contributed by atoms with van der Waals surface area (Å²) in [5, 5.41) is 6.85. The number of aryl methyl sites for hydroxylation is 2. The third kappa shape index (κ3) is 4.78. The van der Waals surface area contributed by atoms with Gasteiger partial charge in [0.25, 0.3) is 0 Å². The van der Waals surface area contributed by atoms with E-state index in [1.165, 1.54) is 0 Å². The van der Waals surface area contributed by atoms with Crippen LogP contribution in [0.15, 0.2) is 12.1 Å². The fourth-order valence-electron chi connectivity index (χ4n) is 7.22. The van der Waals surface area contributed by atoms with Crippen LogP contribution >= 0.6 is 0 Å². The lowest BCUT2D eigenvalue weighted by Crippen LogP contribution is -2.72. The number of alkyl halides is 3. The molecule has 0 radical (unpaired) electrons. The van der Waals surface area contributed by atoms with Gasteiger partial charge in [0.2, 0.25) is 11.8 Å². The van der Waals surface area contributed by atoms with Gasteiger partial charge in [0.05, 0.1) is 29.6 Å². The Hall–Kier alpha value is -3.98. The third-order valence-corrected chi connectivity index (χ3v) is 9.36. The standard InChI is InChI=1S/C30H31F5N6O4/c1-12-13(2)37-26-21-20(12)22(32)23(17-8-15(36)9-18(31)25(17)45-30(33,34)35)39-27(21)44-14(3)24-19-4-6-29(40-19,11-41(24)26)28(42)38-16-5-7-43-10-16/h8-9,14,16,19,24,40H,4-7,10-11,36H2,1-3H3,(H,38,42). The van der Waals surface area contributed by atoms with E-state index < -0.39 is 46.6 Å². The molecule has 3 aromatic rings. The number of anilines is 2. The van der Waals surface area contributed by atoms with E-state index in [0.29, 0.717) is 49.2 Å². The van der Waals surface area contributed by atoms with Gasteiger partial charge in [0.15, 0.2) is 17.4 Å². The van der Waals surface area contributed by atoms with E-state index in [-0.39, 0.29) is 52.9 Å². The average Bonchev–Trinajstić information content (AvgIpc) is 3.58. The summed E-state index contributed by atoms with van der Waals surface area (Å²) < 4.78 is 87.3. The number of benzene rings is 1. The second-order valence-electron chi connectivity index (χ2n) is 12.2. The Labute approximate surface area is 254 Å². The average molecular weight is 635 g/mol. The van der Waals surface area contributed by atoms with Crippen molar-refractivity contribution in [2.75, 3.05) is 30.4 Å². The molecule has 240 valence electrons. The van der Waals surface area contributed by atoms with Crippen molar-refractivity contribution in [3.8, 4) is 22.9 Å². The molecule has 5 atom stereocenters. The zero-order valence-corrected chi connectivity index (χ0v) is 24.6. The molecule has 15 heteroatoms. The van der Waals surface area contributed by atoms with Crippen LogP contribution in [0.25, 0.3) is 22.0 Å². The molecule has 3 saturated heterocycles. The number of carbonyl (C=O) groups excluding carboxylic acids is 1. The molecule has 0 spiro atoms. The van der Waals surface area contributed by atoms with E-state index in [2.05, 4.69) is 20.4 Å². The SMILES string of the molecule is Cc1nc2c3c(nc(-c4cc(N)cc(F)c4OC(F)(F)F)c(F)c3c1C)OC(C)C1C3CCC(C(=O)NC4CCOC4)(CN21)N3. The lowest BCUT2D eigenvalue weighted by molar-refractivity contribution is -0.275. The number of halogens is 5.